The summed E-state index contributed by atoms with van der Waals surface area (Å²) in [5.41, 5.74) is -0.304. The molecule has 2 N–H and O–H groups in total. The molecule has 2 aliphatic rings. The zero-order valence-corrected chi connectivity index (χ0v) is 12.8. The monoisotopic (exact) mass is 332 g/mol. The third-order valence-corrected chi connectivity index (χ3v) is 4.57. The van der Waals surface area contributed by atoms with Crippen LogP contribution in [-0.2, 0) is 4.79 Å². The van der Waals surface area contributed by atoms with Gasteiger partial charge in [-0.05, 0) is 31.0 Å². The summed E-state index contributed by atoms with van der Waals surface area (Å²) in [6, 6.07) is 5.99. The van der Waals surface area contributed by atoms with Crippen LogP contribution in [0.5, 0.6) is 0 Å². The first kappa shape index (κ1) is 15.3. The van der Waals surface area contributed by atoms with Gasteiger partial charge in [-0.25, -0.2) is 4.79 Å². The maximum Gasteiger partial charge on any atom is 0.322 e. The lowest BCUT2D eigenvalue weighted by Crippen LogP contribution is -2.55. The molecule has 3 rings (SSSR count). The van der Waals surface area contributed by atoms with E-state index in [1.807, 2.05) is 6.07 Å². The Morgan fingerprint density at radius 2 is 2.00 bits per heavy atom. The molecule has 2 heterocycles. The van der Waals surface area contributed by atoms with Gasteiger partial charge in [-0.2, -0.15) is 5.26 Å². The van der Waals surface area contributed by atoms with Crippen LogP contribution in [0.2, 0.25) is 5.02 Å². The van der Waals surface area contributed by atoms with E-state index < -0.39 is 11.6 Å². The zero-order valence-electron chi connectivity index (χ0n) is 12.1. The Morgan fingerprint density at radius 3 is 2.57 bits per heavy atom. The molecule has 0 saturated carbocycles. The van der Waals surface area contributed by atoms with E-state index in [-0.39, 0.29) is 22.4 Å². The zero-order chi connectivity index (χ0) is 16.6. The molecule has 0 aliphatic carbocycles. The summed E-state index contributed by atoms with van der Waals surface area (Å²) in [4.78, 5) is 37.4. The molecule has 8 heteroatoms. The van der Waals surface area contributed by atoms with Crippen LogP contribution in [0.4, 0.5) is 4.79 Å². The van der Waals surface area contributed by atoms with E-state index in [0.717, 1.165) is 0 Å². The number of nitrogens with zero attached hydrogens (tertiary/aromatic N) is 2. The fraction of sp³-hybridized carbons (Fsp3) is 0.333. The van der Waals surface area contributed by atoms with Gasteiger partial charge in [0, 0.05) is 13.1 Å². The fourth-order valence-electron chi connectivity index (χ4n) is 2.90. The smallest absolute Gasteiger partial charge is 0.322 e. The number of carbonyl (C=O) groups is 3. The highest BCUT2D eigenvalue weighted by Gasteiger charge is 2.48. The van der Waals surface area contributed by atoms with Crippen LogP contribution in [0.1, 0.15) is 28.8 Å². The Kier molecular flexibility index (Phi) is 3.70. The van der Waals surface area contributed by atoms with Crippen molar-refractivity contribution in [2.75, 3.05) is 13.1 Å². The normalized spacial score (nSPS) is 19.2. The van der Waals surface area contributed by atoms with Gasteiger partial charge in [0.1, 0.15) is 5.54 Å². The molecule has 2 saturated heterocycles. The molecule has 2 fully saturated rings. The molecule has 0 atom stereocenters. The predicted molar refractivity (Wildman–Crippen MR) is 80.7 cm³/mol. The molecular weight excluding hydrogens is 320 g/mol. The fourth-order valence-corrected chi connectivity index (χ4v) is 3.10. The number of urea groups is 1. The average molecular weight is 333 g/mol. The molecule has 1 aromatic carbocycles. The van der Waals surface area contributed by atoms with E-state index in [1.165, 1.54) is 12.1 Å². The summed E-state index contributed by atoms with van der Waals surface area (Å²) in [5, 5.41) is 14.1. The van der Waals surface area contributed by atoms with Crippen molar-refractivity contribution in [1.82, 2.24) is 15.5 Å². The van der Waals surface area contributed by atoms with Crippen molar-refractivity contribution in [2.24, 2.45) is 0 Å². The maximum absolute atomic E-state index is 12.6. The van der Waals surface area contributed by atoms with Crippen LogP contribution in [-0.4, -0.2) is 41.4 Å². The number of hydrogen-bond acceptors (Lipinski definition) is 4. The van der Waals surface area contributed by atoms with Gasteiger partial charge in [0.15, 0.2) is 0 Å². The van der Waals surface area contributed by atoms with Crippen molar-refractivity contribution in [1.29, 1.82) is 5.26 Å². The number of piperidine rings is 1. The molecular formula is C15H13ClN4O3. The Morgan fingerprint density at radius 1 is 1.30 bits per heavy atom. The molecule has 0 radical (unpaired) electrons. The van der Waals surface area contributed by atoms with Crippen molar-refractivity contribution >= 4 is 29.4 Å². The lowest BCUT2D eigenvalue weighted by Gasteiger charge is -2.37. The second-order valence-electron chi connectivity index (χ2n) is 5.59. The van der Waals surface area contributed by atoms with E-state index in [2.05, 4.69) is 10.6 Å². The van der Waals surface area contributed by atoms with Gasteiger partial charge in [0.2, 0.25) is 0 Å². The Hall–Kier alpha value is -2.59. The van der Waals surface area contributed by atoms with Crippen molar-refractivity contribution in [3.8, 4) is 6.07 Å². The van der Waals surface area contributed by atoms with Crippen LogP contribution < -0.4 is 10.6 Å². The van der Waals surface area contributed by atoms with Crippen molar-refractivity contribution in [2.45, 2.75) is 18.4 Å². The second kappa shape index (κ2) is 5.56. The van der Waals surface area contributed by atoms with E-state index in [0.29, 0.717) is 31.5 Å². The summed E-state index contributed by atoms with van der Waals surface area (Å²) >= 11 is 6.05. The number of amides is 4. The van der Waals surface area contributed by atoms with Crippen LogP contribution in [0.3, 0.4) is 0 Å². The molecule has 0 unspecified atom stereocenters. The third-order valence-electron chi connectivity index (χ3n) is 4.24. The standard InChI is InChI=1S/C15H13ClN4O3/c16-11-2-1-9(8-17)7-10(11)12(21)20-5-3-15(4-6-20)13(22)18-14(23)19-15/h1-2,7H,3-6H2,(H2,18,19,22,23). The number of hydrogen-bond donors (Lipinski definition) is 2. The molecule has 118 valence electrons. The minimum Gasteiger partial charge on any atom is -0.338 e. The van der Waals surface area contributed by atoms with Crippen molar-refractivity contribution in [3.63, 3.8) is 0 Å². The Balaban J connectivity index is 1.76. The van der Waals surface area contributed by atoms with E-state index in [4.69, 9.17) is 16.9 Å². The number of benzene rings is 1. The van der Waals surface area contributed by atoms with Crippen LogP contribution in [0, 0.1) is 11.3 Å². The molecule has 1 aromatic rings. The number of rotatable bonds is 1. The highest BCUT2D eigenvalue weighted by molar-refractivity contribution is 6.33. The average Bonchev–Trinajstić information content (AvgIpc) is 2.81. The van der Waals surface area contributed by atoms with Crippen LogP contribution in [0.25, 0.3) is 0 Å². The first-order valence-corrected chi connectivity index (χ1v) is 7.45. The van der Waals surface area contributed by atoms with E-state index in [1.54, 1.807) is 11.0 Å². The second-order valence-corrected chi connectivity index (χ2v) is 6.00. The van der Waals surface area contributed by atoms with Crippen LogP contribution in [0.15, 0.2) is 18.2 Å². The molecule has 0 aromatic heterocycles. The van der Waals surface area contributed by atoms with Crippen molar-refractivity contribution < 1.29 is 14.4 Å². The first-order chi connectivity index (χ1) is 10.9. The quantitative estimate of drug-likeness (QED) is 0.750. The highest BCUT2D eigenvalue weighted by Crippen LogP contribution is 2.27. The first-order valence-electron chi connectivity index (χ1n) is 7.08. The third kappa shape index (κ3) is 2.62. The highest BCUT2D eigenvalue weighted by atomic mass is 35.5. The molecule has 23 heavy (non-hydrogen) atoms. The summed E-state index contributed by atoms with van der Waals surface area (Å²) < 4.78 is 0. The molecule has 2 aliphatic heterocycles. The molecule has 4 amide bonds. The number of imide groups is 1. The minimum absolute atomic E-state index is 0.265. The summed E-state index contributed by atoms with van der Waals surface area (Å²) in [7, 11) is 0. The number of halogens is 1. The van der Waals surface area contributed by atoms with Gasteiger partial charge in [-0.15, -0.1) is 0 Å². The summed E-state index contributed by atoms with van der Waals surface area (Å²) in [6.07, 6.45) is 0.678. The Labute approximate surface area is 137 Å². The lowest BCUT2D eigenvalue weighted by molar-refractivity contribution is -0.125. The number of likely N-dealkylation sites (tertiary alicyclic amines) is 1. The van der Waals surface area contributed by atoms with Crippen molar-refractivity contribution in [3.05, 3.63) is 34.3 Å². The number of nitriles is 1. The Bertz CT molecular complexity index is 748. The van der Waals surface area contributed by atoms with Gasteiger partial charge < -0.3 is 10.2 Å². The lowest BCUT2D eigenvalue weighted by atomic mass is 9.87. The van der Waals surface area contributed by atoms with Gasteiger partial charge in [-0.3, -0.25) is 14.9 Å². The predicted octanol–water partition coefficient (Wildman–Crippen LogP) is 1.03. The van der Waals surface area contributed by atoms with Gasteiger partial charge in [0.25, 0.3) is 11.8 Å². The summed E-state index contributed by atoms with van der Waals surface area (Å²) in [6.45, 7) is 0.638. The van der Waals surface area contributed by atoms with Gasteiger partial charge in [0.05, 0.1) is 22.2 Å². The minimum atomic E-state index is -0.924. The topological polar surface area (TPSA) is 102 Å². The molecule has 0 bridgehead atoms. The van der Waals surface area contributed by atoms with Crippen LogP contribution >= 0.6 is 11.6 Å². The number of carbonyl (C=O) groups excluding carboxylic acids is 3. The molecule has 7 nitrogen and oxygen atoms in total. The van der Waals surface area contributed by atoms with E-state index in [9.17, 15) is 14.4 Å². The van der Waals surface area contributed by atoms with Gasteiger partial charge >= 0.3 is 6.03 Å². The van der Waals surface area contributed by atoms with E-state index >= 15 is 0 Å². The SMILES string of the molecule is N#Cc1ccc(Cl)c(C(=O)N2CCC3(CC2)NC(=O)NC3=O)c1. The van der Waals surface area contributed by atoms with Gasteiger partial charge in [-0.1, -0.05) is 11.6 Å². The largest absolute Gasteiger partial charge is 0.338 e. The maximum atomic E-state index is 12.6. The summed E-state index contributed by atoms with van der Waals surface area (Å²) in [5.74, 6) is -0.634. The number of nitrogens with one attached hydrogen (secondary N) is 2. The molecule has 1 spiro atoms.